The Labute approximate surface area is 135 Å². The summed E-state index contributed by atoms with van der Waals surface area (Å²) in [4.78, 5) is 13.7. The van der Waals surface area contributed by atoms with Crippen molar-refractivity contribution in [2.45, 2.75) is 33.2 Å². The van der Waals surface area contributed by atoms with E-state index in [-0.39, 0.29) is 5.54 Å². The molecule has 2 N–H and O–H groups in total. The van der Waals surface area contributed by atoms with Gasteiger partial charge in [-0.15, -0.1) is 0 Å². The molecule has 0 saturated heterocycles. The lowest BCUT2D eigenvalue weighted by atomic mass is 10.0. The van der Waals surface area contributed by atoms with Crippen molar-refractivity contribution in [2.75, 3.05) is 12.4 Å². The number of aliphatic imine (C=N–C) groups is 1. The fourth-order valence-corrected chi connectivity index (χ4v) is 2.72. The number of nitrogens with zero attached hydrogens (tertiary/aromatic N) is 3. The maximum absolute atomic E-state index is 5.27. The Morgan fingerprint density at radius 2 is 1.96 bits per heavy atom. The van der Waals surface area contributed by atoms with Crippen molar-refractivity contribution in [3.8, 4) is 5.75 Å². The highest BCUT2D eigenvalue weighted by Crippen LogP contribution is 2.23. The van der Waals surface area contributed by atoms with Crippen molar-refractivity contribution in [3.05, 3.63) is 35.7 Å². The van der Waals surface area contributed by atoms with E-state index in [2.05, 4.69) is 45.5 Å². The van der Waals surface area contributed by atoms with Crippen LogP contribution in [0.3, 0.4) is 0 Å². The molecule has 0 saturated carbocycles. The molecule has 23 heavy (non-hydrogen) atoms. The van der Waals surface area contributed by atoms with Crippen molar-refractivity contribution in [3.63, 3.8) is 0 Å². The van der Waals surface area contributed by atoms with E-state index in [1.807, 2.05) is 32.0 Å². The second kappa shape index (κ2) is 5.53. The summed E-state index contributed by atoms with van der Waals surface area (Å²) < 4.78 is 5.27. The number of aryl methyl sites for hydroxylation is 1. The molecular weight excluding hydrogens is 290 g/mol. The Balaban J connectivity index is 1.96. The number of hydrogen-bond donors (Lipinski definition) is 2. The number of guanidine groups is 1. The van der Waals surface area contributed by atoms with Crippen LogP contribution in [0.1, 0.15) is 26.5 Å². The number of rotatable bonds is 2. The van der Waals surface area contributed by atoms with E-state index in [1.165, 1.54) is 0 Å². The molecule has 6 nitrogen and oxygen atoms in total. The Morgan fingerprint density at radius 3 is 2.65 bits per heavy atom. The van der Waals surface area contributed by atoms with Gasteiger partial charge < -0.3 is 10.1 Å². The Bertz CT molecular complexity index is 823. The van der Waals surface area contributed by atoms with E-state index in [0.29, 0.717) is 11.9 Å². The van der Waals surface area contributed by atoms with Crippen molar-refractivity contribution < 1.29 is 4.74 Å². The molecule has 0 radical (unpaired) electrons. The first-order valence-electron chi connectivity index (χ1n) is 7.52. The summed E-state index contributed by atoms with van der Waals surface area (Å²) in [6.07, 6.45) is 2.08. The summed E-state index contributed by atoms with van der Waals surface area (Å²) in [6.45, 7) is 8.08. The lowest BCUT2D eigenvalue weighted by Gasteiger charge is -2.25. The first kappa shape index (κ1) is 15.3. The fraction of sp³-hybridized carbons (Fsp3) is 0.353. The quantitative estimate of drug-likeness (QED) is 0.892. The van der Waals surface area contributed by atoms with Crippen molar-refractivity contribution >= 4 is 22.8 Å². The normalized spacial score (nSPS) is 16.4. The van der Waals surface area contributed by atoms with Gasteiger partial charge in [0, 0.05) is 17.1 Å². The second-order valence-corrected chi connectivity index (χ2v) is 6.21. The van der Waals surface area contributed by atoms with Crippen LogP contribution >= 0.6 is 0 Å². The first-order chi connectivity index (χ1) is 10.9. The molecular formula is C17H21N5O. The zero-order valence-electron chi connectivity index (χ0n) is 14.1. The van der Waals surface area contributed by atoms with Crippen molar-refractivity contribution in [1.82, 2.24) is 15.3 Å². The smallest absolute Gasteiger partial charge is 0.230 e. The summed E-state index contributed by atoms with van der Waals surface area (Å²) >= 11 is 0. The summed E-state index contributed by atoms with van der Waals surface area (Å²) in [5.41, 5.74) is 2.53. The maximum Gasteiger partial charge on any atom is 0.230 e. The van der Waals surface area contributed by atoms with Gasteiger partial charge in [-0.3, -0.25) is 5.32 Å². The number of fused-ring (bicyclic) bond motifs is 1. The molecule has 120 valence electrons. The van der Waals surface area contributed by atoms with E-state index in [4.69, 9.17) is 4.74 Å². The molecule has 6 heteroatoms. The monoisotopic (exact) mass is 311 g/mol. The lowest BCUT2D eigenvalue weighted by Crippen LogP contribution is -2.38. The molecule has 1 aromatic heterocycles. The lowest BCUT2D eigenvalue weighted by molar-refractivity contribution is 0.415. The predicted octanol–water partition coefficient (Wildman–Crippen LogP) is 3.00. The van der Waals surface area contributed by atoms with Crippen LogP contribution in [0.2, 0.25) is 0 Å². The molecule has 0 atom stereocenters. The number of nitrogens with one attached hydrogen (secondary N) is 2. The number of allylic oxidation sites excluding steroid dienone is 1. The van der Waals surface area contributed by atoms with E-state index in [1.54, 1.807) is 7.11 Å². The molecule has 0 aliphatic carbocycles. The average molecular weight is 311 g/mol. The van der Waals surface area contributed by atoms with Gasteiger partial charge in [-0.25, -0.2) is 15.0 Å². The molecule has 0 fully saturated rings. The summed E-state index contributed by atoms with van der Waals surface area (Å²) in [7, 11) is 1.65. The van der Waals surface area contributed by atoms with Gasteiger partial charge in [0.25, 0.3) is 0 Å². The van der Waals surface area contributed by atoms with Crippen LogP contribution < -0.4 is 15.4 Å². The van der Waals surface area contributed by atoms with Crippen LogP contribution in [-0.4, -0.2) is 28.6 Å². The van der Waals surface area contributed by atoms with Crippen LogP contribution in [0, 0.1) is 6.92 Å². The van der Waals surface area contributed by atoms with Crippen LogP contribution in [-0.2, 0) is 0 Å². The third-order valence-electron chi connectivity index (χ3n) is 3.61. The average Bonchev–Trinajstić information content (AvgIpc) is 2.44. The highest BCUT2D eigenvalue weighted by Gasteiger charge is 2.20. The molecule has 1 aliphatic heterocycles. The van der Waals surface area contributed by atoms with Gasteiger partial charge in [0.2, 0.25) is 11.9 Å². The summed E-state index contributed by atoms with van der Waals surface area (Å²) in [6, 6.07) is 5.79. The van der Waals surface area contributed by atoms with Crippen molar-refractivity contribution in [1.29, 1.82) is 0 Å². The minimum atomic E-state index is -0.257. The van der Waals surface area contributed by atoms with Crippen LogP contribution in [0.25, 0.3) is 10.9 Å². The van der Waals surface area contributed by atoms with Gasteiger partial charge in [0.1, 0.15) is 5.75 Å². The van der Waals surface area contributed by atoms with Gasteiger partial charge in [-0.1, -0.05) is 0 Å². The molecule has 3 rings (SSSR count). The van der Waals surface area contributed by atoms with Gasteiger partial charge in [-0.05, 0) is 45.9 Å². The molecule has 1 aromatic carbocycles. The van der Waals surface area contributed by atoms with E-state index >= 15 is 0 Å². The molecule has 2 aromatic rings. The highest BCUT2D eigenvalue weighted by molar-refractivity contribution is 5.95. The molecule has 0 spiro atoms. The third kappa shape index (κ3) is 3.26. The Kier molecular flexibility index (Phi) is 3.67. The Morgan fingerprint density at radius 1 is 1.17 bits per heavy atom. The third-order valence-corrected chi connectivity index (χ3v) is 3.61. The minimum absolute atomic E-state index is 0.257. The topological polar surface area (TPSA) is 71.4 Å². The first-order valence-corrected chi connectivity index (χ1v) is 7.52. The van der Waals surface area contributed by atoms with E-state index in [9.17, 15) is 0 Å². The fourth-order valence-electron chi connectivity index (χ4n) is 2.72. The second-order valence-electron chi connectivity index (χ2n) is 6.21. The van der Waals surface area contributed by atoms with Crippen LogP contribution in [0.5, 0.6) is 5.75 Å². The van der Waals surface area contributed by atoms with Gasteiger partial charge in [-0.2, -0.15) is 0 Å². The molecule has 0 unspecified atom stereocenters. The van der Waals surface area contributed by atoms with Gasteiger partial charge >= 0.3 is 0 Å². The zero-order valence-corrected chi connectivity index (χ0v) is 14.1. The van der Waals surface area contributed by atoms with E-state index < -0.39 is 0 Å². The zero-order chi connectivity index (χ0) is 16.6. The number of anilines is 1. The molecule has 0 amide bonds. The predicted molar refractivity (Wildman–Crippen MR) is 92.9 cm³/mol. The number of aromatic nitrogens is 2. The minimum Gasteiger partial charge on any atom is -0.497 e. The van der Waals surface area contributed by atoms with E-state index in [0.717, 1.165) is 28.0 Å². The van der Waals surface area contributed by atoms with Crippen molar-refractivity contribution in [2.24, 2.45) is 4.99 Å². The highest BCUT2D eigenvalue weighted by atomic mass is 16.5. The molecule has 2 heterocycles. The summed E-state index contributed by atoms with van der Waals surface area (Å²) in [5.74, 6) is 1.94. The molecule has 0 bridgehead atoms. The standard InChI is InChI=1S/C17H21N5O/c1-10-9-17(3,4)22-16(18-10)21-15-19-11(2)13-7-6-12(23-5)8-14(13)20-15/h6-9H,1-5H3,(H2,18,19,20,21,22). The molecule has 1 aliphatic rings. The maximum atomic E-state index is 5.27. The largest absolute Gasteiger partial charge is 0.497 e. The van der Waals surface area contributed by atoms with Crippen LogP contribution in [0.15, 0.2) is 35.0 Å². The van der Waals surface area contributed by atoms with Gasteiger partial charge in [0.05, 0.1) is 23.9 Å². The van der Waals surface area contributed by atoms with Crippen LogP contribution in [0.4, 0.5) is 5.95 Å². The number of benzene rings is 1. The number of ether oxygens (including phenoxy) is 1. The Hall–Kier alpha value is -2.63. The number of methoxy groups -OCH3 is 1. The van der Waals surface area contributed by atoms with Gasteiger partial charge in [0.15, 0.2) is 0 Å². The summed E-state index contributed by atoms with van der Waals surface area (Å²) in [5, 5.41) is 7.38. The SMILES string of the molecule is COc1ccc2c(C)nc(NC3=NC(C)(C)C=C(C)N3)nc2c1. The number of hydrogen-bond acceptors (Lipinski definition) is 6.